The van der Waals surface area contributed by atoms with Gasteiger partial charge < -0.3 is 9.57 Å². The SMILES string of the molecule is COC(=O)NOC(=O)C(F)(F)F. The number of carbonyl (C=O) groups excluding carboxylic acids is 2. The number of hydroxylamine groups is 1. The normalized spacial score (nSPS) is 10.3. The number of ether oxygens (including phenoxy) is 1. The Bertz CT molecular complexity index is 189. The summed E-state index contributed by atoms with van der Waals surface area (Å²) in [5.74, 6) is -2.52. The third-order valence-electron chi connectivity index (χ3n) is 0.644. The van der Waals surface area contributed by atoms with Gasteiger partial charge in [-0.15, -0.1) is 5.48 Å². The molecule has 5 nitrogen and oxygen atoms in total. The van der Waals surface area contributed by atoms with Crippen LogP contribution in [0.4, 0.5) is 18.0 Å². The number of hydrogen-bond donors (Lipinski definition) is 1. The molecule has 0 radical (unpaired) electrons. The predicted molar refractivity (Wildman–Crippen MR) is 27.7 cm³/mol. The number of alkyl halides is 3. The molecule has 0 saturated heterocycles. The van der Waals surface area contributed by atoms with Crippen molar-refractivity contribution in [1.82, 2.24) is 5.48 Å². The van der Waals surface area contributed by atoms with Gasteiger partial charge in [-0.05, 0) is 0 Å². The summed E-state index contributed by atoms with van der Waals surface area (Å²) in [4.78, 5) is 23.2. The summed E-state index contributed by atoms with van der Waals surface area (Å²) in [5.41, 5.74) is 1.11. The maximum absolute atomic E-state index is 11.3. The summed E-state index contributed by atoms with van der Waals surface area (Å²) in [7, 11) is 0.900. The van der Waals surface area contributed by atoms with Crippen molar-refractivity contribution < 1.29 is 32.3 Å². The zero-order chi connectivity index (χ0) is 9.78. The van der Waals surface area contributed by atoms with Crippen LogP contribution in [0, 0.1) is 0 Å². The molecule has 0 aliphatic rings. The van der Waals surface area contributed by atoms with Crippen molar-refractivity contribution in [2.24, 2.45) is 0 Å². The quantitative estimate of drug-likeness (QED) is 0.556. The molecule has 0 fully saturated rings. The largest absolute Gasteiger partial charge is 0.493 e. The van der Waals surface area contributed by atoms with E-state index in [9.17, 15) is 22.8 Å². The van der Waals surface area contributed by atoms with Gasteiger partial charge in [0.15, 0.2) is 0 Å². The second-order valence-corrected chi connectivity index (χ2v) is 1.48. The lowest BCUT2D eigenvalue weighted by molar-refractivity contribution is -0.205. The monoisotopic (exact) mass is 187 g/mol. The number of methoxy groups -OCH3 is 1. The number of halogens is 3. The summed E-state index contributed by atoms with van der Waals surface area (Å²) in [5, 5.41) is 0. The lowest BCUT2D eigenvalue weighted by atomic mass is 10.7. The molecule has 0 aliphatic carbocycles. The molecule has 0 saturated carbocycles. The van der Waals surface area contributed by atoms with Crippen LogP contribution in [0.15, 0.2) is 0 Å². The molecule has 1 amide bonds. The zero-order valence-electron chi connectivity index (χ0n) is 5.77. The Hall–Kier alpha value is -1.47. The Kier molecular flexibility index (Phi) is 3.32. The lowest BCUT2D eigenvalue weighted by Gasteiger charge is -2.05. The first-order valence-electron chi connectivity index (χ1n) is 2.50. The number of carbonyl (C=O) groups is 2. The van der Waals surface area contributed by atoms with E-state index in [0.29, 0.717) is 0 Å². The summed E-state index contributed by atoms with van der Waals surface area (Å²) < 4.78 is 37.8. The smallest absolute Gasteiger partial charge is 0.451 e. The number of hydrogen-bond acceptors (Lipinski definition) is 4. The minimum atomic E-state index is -5.14. The van der Waals surface area contributed by atoms with Crippen molar-refractivity contribution in [1.29, 1.82) is 0 Å². The standard InChI is InChI=1S/C4H4F3NO4/c1-11-3(10)8-12-2(9)4(5,6)7/h1H3,(H,8,10). The van der Waals surface area contributed by atoms with Gasteiger partial charge in [-0.3, -0.25) is 0 Å². The van der Waals surface area contributed by atoms with Crippen molar-refractivity contribution in [3.8, 4) is 0 Å². The average molecular weight is 187 g/mol. The molecule has 0 rings (SSSR count). The Labute approximate surface area is 64.4 Å². The summed E-state index contributed by atoms with van der Waals surface area (Å²) >= 11 is 0. The molecule has 0 spiro atoms. The molecule has 0 aliphatic heterocycles. The van der Waals surface area contributed by atoms with Crippen molar-refractivity contribution in [3.63, 3.8) is 0 Å². The third-order valence-corrected chi connectivity index (χ3v) is 0.644. The molecule has 12 heavy (non-hydrogen) atoms. The zero-order valence-corrected chi connectivity index (χ0v) is 5.77. The van der Waals surface area contributed by atoms with Crippen LogP contribution >= 0.6 is 0 Å². The van der Waals surface area contributed by atoms with Crippen molar-refractivity contribution in [2.75, 3.05) is 7.11 Å². The first-order valence-corrected chi connectivity index (χ1v) is 2.50. The predicted octanol–water partition coefficient (Wildman–Crippen LogP) is 0.363. The maximum Gasteiger partial charge on any atom is 0.493 e. The molecule has 0 aromatic rings. The Morgan fingerprint density at radius 3 is 2.17 bits per heavy atom. The molecule has 0 aromatic carbocycles. The maximum atomic E-state index is 11.3. The second-order valence-electron chi connectivity index (χ2n) is 1.48. The van der Waals surface area contributed by atoms with Gasteiger partial charge in [0.2, 0.25) is 0 Å². The van der Waals surface area contributed by atoms with E-state index in [-0.39, 0.29) is 0 Å². The van der Waals surface area contributed by atoms with Gasteiger partial charge in [0.25, 0.3) is 0 Å². The first-order chi connectivity index (χ1) is 5.38. The first kappa shape index (κ1) is 10.5. The molecule has 70 valence electrons. The van der Waals surface area contributed by atoms with Gasteiger partial charge >= 0.3 is 18.2 Å². The van der Waals surface area contributed by atoms with Crippen LogP contribution < -0.4 is 5.48 Å². The molecule has 0 unspecified atom stereocenters. The average Bonchev–Trinajstić information content (AvgIpc) is 1.97. The highest BCUT2D eigenvalue weighted by Gasteiger charge is 2.42. The lowest BCUT2D eigenvalue weighted by Crippen LogP contribution is -2.34. The van der Waals surface area contributed by atoms with Crippen LogP contribution in [0.25, 0.3) is 0 Å². The molecule has 0 aromatic heterocycles. The van der Waals surface area contributed by atoms with E-state index < -0.39 is 18.2 Å². The van der Waals surface area contributed by atoms with E-state index in [1.165, 1.54) is 0 Å². The Morgan fingerprint density at radius 1 is 1.33 bits per heavy atom. The van der Waals surface area contributed by atoms with E-state index in [1.807, 2.05) is 0 Å². The molecule has 0 atom stereocenters. The fourth-order valence-corrected chi connectivity index (χ4v) is 0.188. The van der Waals surface area contributed by atoms with Gasteiger partial charge in [-0.25, -0.2) is 9.59 Å². The summed E-state index contributed by atoms with van der Waals surface area (Å²) in [6, 6.07) is 0. The van der Waals surface area contributed by atoms with Gasteiger partial charge in [-0.1, -0.05) is 0 Å². The Morgan fingerprint density at radius 2 is 1.83 bits per heavy atom. The van der Waals surface area contributed by atoms with Crippen molar-refractivity contribution in [2.45, 2.75) is 6.18 Å². The van der Waals surface area contributed by atoms with Crippen LogP contribution in [-0.2, 0) is 14.4 Å². The molecule has 0 heterocycles. The molecular weight excluding hydrogens is 183 g/mol. The minimum absolute atomic E-state index is 0.900. The minimum Gasteiger partial charge on any atom is -0.451 e. The number of rotatable bonds is 0. The van der Waals surface area contributed by atoms with E-state index in [4.69, 9.17) is 0 Å². The van der Waals surface area contributed by atoms with Crippen LogP contribution in [-0.4, -0.2) is 25.3 Å². The fourth-order valence-electron chi connectivity index (χ4n) is 0.188. The highest BCUT2D eigenvalue weighted by atomic mass is 19.4. The van der Waals surface area contributed by atoms with Crippen LogP contribution in [0.3, 0.4) is 0 Å². The van der Waals surface area contributed by atoms with Gasteiger partial charge in [-0.2, -0.15) is 13.2 Å². The fraction of sp³-hybridized carbons (Fsp3) is 0.500. The third kappa shape index (κ3) is 3.64. The number of amides is 1. The molecule has 0 bridgehead atoms. The van der Waals surface area contributed by atoms with Gasteiger partial charge in [0.05, 0.1) is 7.11 Å². The van der Waals surface area contributed by atoms with E-state index >= 15 is 0 Å². The van der Waals surface area contributed by atoms with Crippen molar-refractivity contribution >= 4 is 12.1 Å². The van der Waals surface area contributed by atoms with Crippen molar-refractivity contribution in [3.05, 3.63) is 0 Å². The summed E-state index contributed by atoms with van der Waals surface area (Å²) in [6.07, 6.45) is -6.44. The van der Waals surface area contributed by atoms with Crippen LogP contribution in [0.5, 0.6) is 0 Å². The van der Waals surface area contributed by atoms with Gasteiger partial charge in [0, 0.05) is 0 Å². The molecule has 1 N–H and O–H groups in total. The molecule has 8 heteroatoms. The molecular formula is C4H4F3NO4. The van der Waals surface area contributed by atoms with Crippen LogP contribution in [0.2, 0.25) is 0 Å². The van der Waals surface area contributed by atoms with Gasteiger partial charge in [0.1, 0.15) is 0 Å². The Balaban J connectivity index is 3.81. The highest BCUT2D eigenvalue weighted by Crippen LogP contribution is 2.15. The van der Waals surface area contributed by atoms with E-state index in [1.54, 1.807) is 0 Å². The second kappa shape index (κ2) is 3.79. The van der Waals surface area contributed by atoms with E-state index in [0.717, 1.165) is 12.6 Å². The van der Waals surface area contributed by atoms with Crippen LogP contribution in [0.1, 0.15) is 0 Å². The number of nitrogens with one attached hydrogen (secondary N) is 1. The highest BCUT2D eigenvalue weighted by molar-refractivity contribution is 5.77. The van der Waals surface area contributed by atoms with E-state index in [2.05, 4.69) is 9.57 Å². The summed E-state index contributed by atoms with van der Waals surface area (Å²) in [6.45, 7) is 0. The topological polar surface area (TPSA) is 64.6 Å².